The molecule has 0 aliphatic carbocycles. The molecule has 1 amide bonds. The molecular weight excluding hydrogens is 320 g/mol. The fourth-order valence-corrected chi connectivity index (χ4v) is 4.22. The number of carboxylic acids is 1. The second-order valence-corrected chi connectivity index (χ2v) is 7.17. The van der Waals surface area contributed by atoms with Crippen LogP contribution in [-0.2, 0) is 16.0 Å². The van der Waals surface area contributed by atoms with Gasteiger partial charge in [-0.3, -0.25) is 9.59 Å². The Bertz CT molecular complexity index is 683. The number of hydrogen-bond donors (Lipinski definition) is 1. The predicted molar refractivity (Wildman–Crippen MR) is 93.5 cm³/mol. The van der Waals surface area contributed by atoms with E-state index in [1.54, 1.807) is 11.9 Å². The van der Waals surface area contributed by atoms with Crippen molar-refractivity contribution in [3.05, 3.63) is 17.6 Å². The highest BCUT2D eigenvalue weighted by Gasteiger charge is 2.55. The lowest BCUT2D eigenvalue weighted by atomic mass is 9.77. The number of anilines is 1. The fourth-order valence-electron chi connectivity index (χ4n) is 4.22. The van der Waals surface area contributed by atoms with Gasteiger partial charge in [0.05, 0.1) is 11.5 Å². The van der Waals surface area contributed by atoms with Gasteiger partial charge in [0, 0.05) is 44.7 Å². The van der Waals surface area contributed by atoms with Crippen LogP contribution in [0.4, 0.5) is 5.82 Å². The van der Waals surface area contributed by atoms with Crippen molar-refractivity contribution in [3.8, 4) is 0 Å². The van der Waals surface area contributed by atoms with Crippen LogP contribution in [0, 0.1) is 12.8 Å². The molecule has 2 aliphatic rings. The molecule has 0 unspecified atom stereocenters. The quantitative estimate of drug-likeness (QED) is 0.892. The molecule has 3 rings (SSSR count). The molecule has 2 fully saturated rings. The van der Waals surface area contributed by atoms with Crippen LogP contribution in [0.5, 0.6) is 0 Å². The van der Waals surface area contributed by atoms with Crippen molar-refractivity contribution >= 4 is 17.7 Å². The van der Waals surface area contributed by atoms with Crippen molar-refractivity contribution in [1.29, 1.82) is 0 Å². The largest absolute Gasteiger partial charge is 0.481 e. The van der Waals surface area contributed by atoms with Gasteiger partial charge in [-0.05, 0) is 26.2 Å². The smallest absolute Gasteiger partial charge is 0.309 e. The fraction of sp³-hybridized carbons (Fsp3) is 0.667. The minimum atomic E-state index is -0.866. The van der Waals surface area contributed by atoms with Gasteiger partial charge in [-0.15, -0.1) is 0 Å². The van der Waals surface area contributed by atoms with E-state index in [1.165, 1.54) is 0 Å². The average Bonchev–Trinajstić information content (AvgIpc) is 2.81. The third kappa shape index (κ3) is 3.07. The number of carbonyl (C=O) groups excluding carboxylic acids is 1. The summed E-state index contributed by atoms with van der Waals surface area (Å²) in [7, 11) is 1.75. The number of aromatic nitrogens is 2. The Morgan fingerprint density at radius 1 is 1.36 bits per heavy atom. The predicted octanol–water partition coefficient (Wildman–Crippen LogP) is 1.64. The van der Waals surface area contributed by atoms with Crippen molar-refractivity contribution in [2.75, 3.05) is 25.0 Å². The Balaban J connectivity index is 1.79. The first-order valence-corrected chi connectivity index (χ1v) is 8.96. The lowest BCUT2D eigenvalue weighted by Crippen LogP contribution is -2.56. The molecule has 3 heterocycles. The van der Waals surface area contributed by atoms with Crippen LogP contribution >= 0.6 is 0 Å². The first kappa shape index (κ1) is 17.6. The van der Waals surface area contributed by atoms with Crippen molar-refractivity contribution in [3.63, 3.8) is 0 Å². The summed E-state index contributed by atoms with van der Waals surface area (Å²) in [6.07, 6.45) is 3.26. The topological polar surface area (TPSA) is 86.6 Å². The Hall–Kier alpha value is -2.18. The summed E-state index contributed by atoms with van der Waals surface area (Å²) >= 11 is 0. The lowest BCUT2D eigenvalue weighted by molar-refractivity contribution is -0.145. The van der Waals surface area contributed by atoms with Crippen LogP contribution in [0.15, 0.2) is 6.07 Å². The number of carboxylic acid groups (broad SMARTS) is 1. The number of piperidine rings is 1. The van der Waals surface area contributed by atoms with Gasteiger partial charge >= 0.3 is 5.97 Å². The molecule has 0 bridgehead atoms. The Kier molecular flexibility index (Phi) is 4.67. The second-order valence-electron chi connectivity index (χ2n) is 7.17. The molecule has 0 radical (unpaired) electrons. The van der Waals surface area contributed by atoms with Gasteiger partial charge in [0.25, 0.3) is 0 Å². The van der Waals surface area contributed by atoms with Gasteiger partial charge in [0.1, 0.15) is 11.6 Å². The van der Waals surface area contributed by atoms with Crippen LogP contribution in [-0.4, -0.2) is 57.5 Å². The average molecular weight is 346 g/mol. The molecule has 0 saturated carbocycles. The molecule has 136 valence electrons. The number of aliphatic carboxylic acids is 1. The zero-order chi connectivity index (χ0) is 18.2. The van der Waals surface area contributed by atoms with E-state index >= 15 is 0 Å². The van der Waals surface area contributed by atoms with E-state index in [1.807, 2.05) is 13.0 Å². The van der Waals surface area contributed by atoms with Gasteiger partial charge < -0.3 is 14.9 Å². The number of likely N-dealkylation sites (tertiary alicyclic amines) is 1. The van der Waals surface area contributed by atoms with E-state index < -0.39 is 17.4 Å². The van der Waals surface area contributed by atoms with Gasteiger partial charge in [0.15, 0.2) is 0 Å². The molecule has 1 spiro atoms. The summed E-state index contributed by atoms with van der Waals surface area (Å²) in [5, 5.41) is 9.57. The number of hydrogen-bond acceptors (Lipinski definition) is 5. The maximum Gasteiger partial charge on any atom is 0.309 e. The second kappa shape index (κ2) is 6.61. The van der Waals surface area contributed by atoms with Gasteiger partial charge in [-0.25, -0.2) is 9.97 Å². The zero-order valence-electron chi connectivity index (χ0n) is 15.2. The number of carbonyl (C=O) groups is 2. The molecule has 1 aromatic rings. The van der Waals surface area contributed by atoms with Gasteiger partial charge in [-0.1, -0.05) is 6.92 Å². The van der Waals surface area contributed by atoms with Gasteiger partial charge in [0.2, 0.25) is 5.91 Å². The van der Waals surface area contributed by atoms with E-state index in [2.05, 4.69) is 21.8 Å². The standard InChI is InChI=1S/C18H26N4O3/c1-4-5-14-19-12(2)10-15(20-14)22-8-6-18(7-9-22)13(17(24)25)11-16(23)21(18)3/h10,13H,4-9,11H2,1-3H3,(H,24,25)/t13-/m1/s1. The van der Waals surface area contributed by atoms with E-state index in [0.717, 1.165) is 30.2 Å². The highest BCUT2D eigenvalue weighted by Crippen LogP contribution is 2.43. The van der Waals surface area contributed by atoms with Crippen LogP contribution in [0.3, 0.4) is 0 Å². The SMILES string of the molecule is CCCc1nc(C)cc(N2CCC3(CC2)[C@@H](C(=O)O)CC(=O)N3C)n1. The van der Waals surface area contributed by atoms with Gasteiger partial charge in [-0.2, -0.15) is 0 Å². The van der Waals surface area contributed by atoms with E-state index in [9.17, 15) is 14.7 Å². The maximum atomic E-state index is 12.1. The zero-order valence-corrected chi connectivity index (χ0v) is 15.2. The van der Waals surface area contributed by atoms with Crippen LogP contribution < -0.4 is 4.90 Å². The number of rotatable bonds is 4. The Morgan fingerprint density at radius 3 is 2.64 bits per heavy atom. The third-order valence-electron chi connectivity index (χ3n) is 5.68. The molecule has 1 atom stereocenters. The van der Waals surface area contributed by atoms with E-state index in [0.29, 0.717) is 25.9 Å². The highest BCUT2D eigenvalue weighted by molar-refractivity contribution is 5.88. The minimum absolute atomic E-state index is 0.0658. The summed E-state index contributed by atoms with van der Waals surface area (Å²) in [5.74, 6) is 0.215. The highest BCUT2D eigenvalue weighted by atomic mass is 16.4. The van der Waals surface area contributed by atoms with Crippen LogP contribution in [0.25, 0.3) is 0 Å². The summed E-state index contributed by atoms with van der Waals surface area (Å²) in [6.45, 7) is 5.47. The van der Waals surface area contributed by atoms with Crippen LogP contribution in [0.2, 0.25) is 0 Å². The summed E-state index contributed by atoms with van der Waals surface area (Å²) < 4.78 is 0. The van der Waals surface area contributed by atoms with Crippen LogP contribution in [0.1, 0.15) is 44.1 Å². The third-order valence-corrected chi connectivity index (χ3v) is 5.68. The summed E-state index contributed by atoms with van der Waals surface area (Å²) in [4.78, 5) is 36.8. The molecule has 7 nitrogen and oxygen atoms in total. The molecule has 7 heteroatoms. The number of nitrogens with zero attached hydrogens (tertiary/aromatic N) is 4. The monoisotopic (exact) mass is 346 g/mol. The molecule has 25 heavy (non-hydrogen) atoms. The molecule has 1 N–H and O–H groups in total. The van der Waals surface area contributed by atoms with Crippen molar-refractivity contribution in [2.24, 2.45) is 5.92 Å². The van der Waals surface area contributed by atoms with E-state index in [4.69, 9.17) is 0 Å². The minimum Gasteiger partial charge on any atom is -0.481 e. The van der Waals surface area contributed by atoms with E-state index in [-0.39, 0.29) is 12.3 Å². The maximum absolute atomic E-state index is 12.1. The first-order valence-electron chi connectivity index (χ1n) is 8.96. The number of amides is 1. The normalized spacial score (nSPS) is 22.7. The summed E-state index contributed by atoms with van der Waals surface area (Å²) in [5.41, 5.74) is 0.388. The lowest BCUT2D eigenvalue weighted by Gasteiger charge is -2.45. The summed E-state index contributed by atoms with van der Waals surface area (Å²) in [6, 6.07) is 1.98. The van der Waals surface area contributed by atoms with Crippen molar-refractivity contribution < 1.29 is 14.7 Å². The number of aryl methyl sites for hydroxylation is 2. The molecule has 2 aliphatic heterocycles. The molecular formula is C18H26N4O3. The van der Waals surface area contributed by atoms with Crippen molar-refractivity contribution in [2.45, 2.75) is 51.5 Å². The Labute approximate surface area is 148 Å². The molecule has 0 aromatic carbocycles. The molecule has 1 aromatic heterocycles. The molecule has 2 saturated heterocycles. The van der Waals surface area contributed by atoms with Crippen molar-refractivity contribution in [1.82, 2.24) is 14.9 Å². The Morgan fingerprint density at radius 2 is 2.04 bits per heavy atom. The first-order chi connectivity index (χ1) is 11.9.